The fourth-order valence-electron chi connectivity index (χ4n) is 3.80. The van der Waals surface area contributed by atoms with Gasteiger partial charge in [-0.1, -0.05) is 24.6 Å². The molecule has 6 heteroatoms. The summed E-state index contributed by atoms with van der Waals surface area (Å²) in [6, 6.07) is 9.53. The summed E-state index contributed by atoms with van der Waals surface area (Å²) in [6.45, 7) is 0.848. The van der Waals surface area contributed by atoms with Crippen molar-refractivity contribution in [3.63, 3.8) is 0 Å². The molecule has 1 fully saturated rings. The van der Waals surface area contributed by atoms with Crippen LogP contribution in [0.25, 0.3) is 0 Å². The molecule has 1 aromatic rings. The Morgan fingerprint density at radius 3 is 2.77 bits per heavy atom. The number of hydrogen-bond acceptors (Lipinski definition) is 5. The fourth-order valence-corrected chi connectivity index (χ4v) is 3.80. The zero-order valence-electron chi connectivity index (χ0n) is 12.4. The molecule has 1 aliphatic carbocycles. The van der Waals surface area contributed by atoms with Gasteiger partial charge in [0, 0.05) is 16.1 Å². The first-order chi connectivity index (χ1) is 10.8. The molecule has 2 atom stereocenters. The van der Waals surface area contributed by atoms with Crippen molar-refractivity contribution in [2.45, 2.75) is 37.8 Å². The van der Waals surface area contributed by atoms with E-state index in [2.05, 4.69) is 5.43 Å². The van der Waals surface area contributed by atoms with Gasteiger partial charge in [0.05, 0.1) is 24.0 Å². The minimum absolute atomic E-state index is 0.171. The molecule has 0 bridgehead atoms. The third-order valence-corrected chi connectivity index (χ3v) is 4.97. The first-order valence-electron chi connectivity index (χ1n) is 7.96. The predicted molar refractivity (Wildman–Crippen MR) is 83.7 cm³/mol. The molecule has 22 heavy (non-hydrogen) atoms. The highest BCUT2D eigenvalue weighted by molar-refractivity contribution is 5.47. The maximum Gasteiger partial charge on any atom is 0.268 e. The molecule has 2 heterocycles. The Labute approximate surface area is 129 Å². The van der Waals surface area contributed by atoms with Crippen molar-refractivity contribution in [2.24, 2.45) is 0 Å². The fraction of sp³-hybridized carbons (Fsp3) is 0.500. The van der Waals surface area contributed by atoms with Gasteiger partial charge in [-0.15, -0.1) is 0 Å². The lowest BCUT2D eigenvalue weighted by molar-refractivity contribution is -0.559. The number of para-hydroxylation sites is 1. The van der Waals surface area contributed by atoms with Gasteiger partial charge >= 0.3 is 0 Å². The van der Waals surface area contributed by atoms with Gasteiger partial charge < -0.3 is 15.3 Å². The van der Waals surface area contributed by atoms with Gasteiger partial charge in [0.15, 0.2) is 0 Å². The monoisotopic (exact) mass is 300 g/mol. The van der Waals surface area contributed by atoms with Crippen LogP contribution in [0.4, 0.5) is 5.69 Å². The number of hydroxylamine groups is 2. The molecule has 3 aliphatic rings. The molecule has 1 saturated carbocycles. The number of hydrazine groups is 1. The van der Waals surface area contributed by atoms with E-state index in [9.17, 15) is 10.1 Å². The Hall–Kier alpha value is -1.92. The number of nitrogens with zero attached hydrogens (tertiary/aromatic N) is 3. The third kappa shape index (κ3) is 2.10. The number of nitroso groups, excluding NO2 is 1. The molecule has 0 amide bonds. The summed E-state index contributed by atoms with van der Waals surface area (Å²) in [5.74, 6) is 0. The van der Waals surface area contributed by atoms with E-state index in [4.69, 9.17) is 0 Å². The number of hydrogen-bond donors (Lipinski definition) is 1. The lowest BCUT2D eigenvalue weighted by Gasteiger charge is -2.48. The van der Waals surface area contributed by atoms with Crippen LogP contribution < -0.4 is 10.4 Å². The number of nitrogens with one attached hydrogen (secondary N) is 1. The van der Waals surface area contributed by atoms with Gasteiger partial charge in [0.25, 0.3) is 5.70 Å². The predicted octanol–water partition coefficient (Wildman–Crippen LogP) is 2.13. The van der Waals surface area contributed by atoms with E-state index in [0.717, 1.165) is 41.2 Å². The smallest absolute Gasteiger partial charge is 0.268 e. The standard InChI is InChI=1S/C16H20N4O2/c21-19-13-8-4-5-9-14(13)20(22)16-11-18(17-10-15(16)19)12-6-2-1-3-7-12/h1-3,6-7,13-14,17H,4-5,8-11H2/t13-,14+/m0/s1. The largest absolute Gasteiger partial charge is 0.758 e. The van der Waals surface area contributed by atoms with E-state index in [1.54, 1.807) is 0 Å². The Bertz CT molecular complexity index is 616. The Morgan fingerprint density at radius 2 is 1.95 bits per heavy atom. The Kier molecular flexibility index (Phi) is 3.35. The van der Waals surface area contributed by atoms with Crippen molar-refractivity contribution in [1.82, 2.24) is 10.5 Å². The normalized spacial score (nSPS) is 28.5. The van der Waals surface area contributed by atoms with E-state index in [0.29, 0.717) is 24.5 Å². The molecule has 4 rings (SSSR count). The molecule has 1 N–H and O–H groups in total. The lowest BCUT2D eigenvalue weighted by Crippen LogP contribution is -2.58. The lowest BCUT2D eigenvalue weighted by atomic mass is 9.87. The number of anilines is 1. The summed E-state index contributed by atoms with van der Waals surface area (Å²) in [7, 11) is 0. The molecular weight excluding hydrogens is 280 g/mol. The Balaban J connectivity index is 1.65. The van der Waals surface area contributed by atoms with Crippen molar-refractivity contribution < 1.29 is 4.76 Å². The van der Waals surface area contributed by atoms with Gasteiger partial charge in [-0.2, -0.15) is 0 Å². The highest BCUT2D eigenvalue weighted by Crippen LogP contribution is 2.35. The molecule has 116 valence electrons. The van der Waals surface area contributed by atoms with Gasteiger partial charge in [-0.3, -0.25) is 0 Å². The number of rotatable bonds is 1. The highest BCUT2D eigenvalue weighted by Gasteiger charge is 2.47. The second kappa shape index (κ2) is 5.37. The van der Waals surface area contributed by atoms with E-state index < -0.39 is 0 Å². The first kappa shape index (κ1) is 13.7. The summed E-state index contributed by atoms with van der Waals surface area (Å²) in [5, 5.41) is 15.8. The average Bonchev–Trinajstić information content (AvgIpc) is 2.60. The van der Waals surface area contributed by atoms with Crippen molar-refractivity contribution in [1.29, 1.82) is 0 Å². The van der Waals surface area contributed by atoms with Crippen molar-refractivity contribution in [3.05, 3.63) is 51.8 Å². The zero-order chi connectivity index (χ0) is 15.1. The van der Waals surface area contributed by atoms with Crippen LogP contribution in [0.15, 0.2) is 41.7 Å². The minimum Gasteiger partial charge on any atom is -0.758 e. The van der Waals surface area contributed by atoms with Crippen LogP contribution in [-0.4, -0.2) is 35.0 Å². The molecule has 0 radical (unpaired) electrons. The highest BCUT2D eigenvalue weighted by atomic mass is 16.5. The maximum absolute atomic E-state index is 12.8. The molecule has 2 aliphatic heterocycles. The summed E-state index contributed by atoms with van der Waals surface area (Å²) < 4.78 is 1.11. The second-order valence-electron chi connectivity index (χ2n) is 6.22. The van der Waals surface area contributed by atoms with E-state index in [-0.39, 0.29) is 12.1 Å². The Morgan fingerprint density at radius 1 is 1.18 bits per heavy atom. The summed E-state index contributed by atoms with van der Waals surface area (Å²) in [5.41, 5.74) is 5.50. The van der Waals surface area contributed by atoms with Crippen molar-refractivity contribution in [2.75, 3.05) is 18.1 Å². The van der Waals surface area contributed by atoms with Crippen LogP contribution in [0, 0.1) is 10.1 Å². The molecule has 6 nitrogen and oxygen atoms in total. The third-order valence-electron chi connectivity index (χ3n) is 4.97. The van der Waals surface area contributed by atoms with Crippen LogP contribution >= 0.6 is 0 Å². The van der Waals surface area contributed by atoms with Crippen LogP contribution in [0.1, 0.15) is 25.7 Å². The van der Waals surface area contributed by atoms with Gasteiger partial charge in [-0.25, -0.2) is 5.43 Å². The molecule has 1 aromatic carbocycles. The molecule has 0 unspecified atom stereocenters. The molecular formula is C16H20N4O2. The number of fused-ring (bicyclic) bond motifs is 1. The van der Waals surface area contributed by atoms with Crippen LogP contribution in [-0.2, 0) is 0 Å². The van der Waals surface area contributed by atoms with Gasteiger partial charge in [0.2, 0.25) is 6.04 Å². The second-order valence-corrected chi connectivity index (χ2v) is 6.22. The maximum atomic E-state index is 12.8. The van der Waals surface area contributed by atoms with Crippen LogP contribution in [0.2, 0.25) is 0 Å². The quantitative estimate of drug-likeness (QED) is 0.805. The SMILES string of the molecule is O=[N+]1C2=C(CN(c3ccccc3)NC2)N([O-])[C@@H]2CCCC[C@@H]21. The number of benzene rings is 1. The molecule has 0 spiro atoms. The van der Waals surface area contributed by atoms with Crippen molar-refractivity contribution >= 4 is 5.69 Å². The topological polar surface area (TPSA) is 61.7 Å². The minimum atomic E-state index is -0.180. The van der Waals surface area contributed by atoms with E-state index in [1.165, 1.54) is 0 Å². The zero-order valence-corrected chi connectivity index (χ0v) is 12.4. The van der Waals surface area contributed by atoms with E-state index >= 15 is 0 Å². The van der Waals surface area contributed by atoms with E-state index in [1.807, 2.05) is 35.3 Å². The first-order valence-corrected chi connectivity index (χ1v) is 7.96. The molecule has 0 saturated heterocycles. The van der Waals surface area contributed by atoms with Gasteiger partial charge in [-0.05, 0) is 25.0 Å². The summed E-state index contributed by atoms with van der Waals surface area (Å²) in [4.78, 5) is 12.6. The summed E-state index contributed by atoms with van der Waals surface area (Å²) >= 11 is 0. The van der Waals surface area contributed by atoms with Crippen LogP contribution in [0.3, 0.4) is 0 Å². The van der Waals surface area contributed by atoms with Crippen molar-refractivity contribution in [3.8, 4) is 0 Å². The van der Waals surface area contributed by atoms with Gasteiger partial charge in [0.1, 0.15) is 6.54 Å². The average molecular weight is 300 g/mol. The van der Waals surface area contributed by atoms with Crippen LogP contribution in [0.5, 0.6) is 0 Å². The summed E-state index contributed by atoms with van der Waals surface area (Å²) in [6.07, 6.45) is 3.73. The molecule has 0 aromatic heterocycles.